The second-order valence-electron chi connectivity index (χ2n) is 5.49. The van der Waals surface area contributed by atoms with E-state index in [1.54, 1.807) is 12.1 Å². The second-order valence-corrected chi connectivity index (χ2v) is 5.49. The second kappa shape index (κ2) is 7.68. The number of hydrogen-bond donors (Lipinski definition) is 1. The maximum Gasteiger partial charge on any atom is 0.341 e. The first-order valence-electron chi connectivity index (χ1n) is 7.70. The van der Waals surface area contributed by atoms with Gasteiger partial charge in [-0.15, -0.1) is 0 Å². The molecule has 0 spiro atoms. The van der Waals surface area contributed by atoms with Crippen molar-refractivity contribution in [1.29, 1.82) is 0 Å². The minimum absolute atomic E-state index is 0.332. The molecule has 2 aromatic carbocycles. The van der Waals surface area contributed by atoms with Gasteiger partial charge in [0.15, 0.2) is 6.61 Å². The van der Waals surface area contributed by atoms with E-state index in [1.165, 1.54) is 0 Å². The fraction of sp³-hybridized carbons (Fsp3) is 0.316. The van der Waals surface area contributed by atoms with Gasteiger partial charge in [0.2, 0.25) is 0 Å². The van der Waals surface area contributed by atoms with Crippen LogP contribution in [0.15, 0.2) is 36.4 Å². The summed E-state index contributed by atoms with van der Waals surface area (Å²) in [6.45, 7) is 6.57. The molecule has 23 heavy (non-hydrogen) atoms. The van der Waals surface area contributed by atoms with Crippen molar-refractivity contribution >= 4 is 5.97 Å². The maximum atomic E-state index is 10.5. The third kappa shape index (κ3) is 4.49. The van der Waals surface area contributed by atoms with Gasteiger partial charge in [0.05, 0.1) is 6.61 Å². The standard InChI is InChI=1S/C19H22O4/c1-4-9-22-19-13(2)10-16(11-14(19)3)15-5-7-17(8-6-15)23-12-18(20)21/h5-8,10-11H,4,9,12H2,1-3H3,(H,20,21). The summed E-state index contributed by atoms with van der Waals surface area (Å²) in [6, 6.07) is 11.6. The summed E-state index contributed by atoms with van der Waals surface area (Å²) in [4.78, 5) is 10.5. The molecule has 2 rings (SSSR count). The molecule has 122 valence electrons. The number of rotatable bonds is 7. The van der Waals surface area contributed by atoms with Gasteiger partial charge in [-0.25, -0.2) is 4.79 Å². The quantitative estimate of drug-likeness (QED) is 0.831. The third-order valence-electron chi connectivity index (χ3n) is 3.46. The van der Waals surface area contributed by atoms with Crippen LogP contribution >= 0.6 is 0 Å². The van der Waals surface area contributed by atoms with E-state index in [0.29, 0.717) is 5.75 Å². The predicted octanol–water partition coefficient (Wildman–Crippen LogP) is 4.22. The Balaban J connectivity index is 2.20. The Labute approximate surface area is 136 Å². The Morgan fingerprint density at radius 3 is 2.13 bits per heavy atom. The third-order valence-corrected chi connectivity index (χ3v) is 3.46. The van der Waals surface area contributed by atoms with Crippen molar-refractivity contribution in [3.8, 4) is 22.6 Å². The van der Waals surface area contributed by atoms with Gasteiger partial charge >= 0.3 is 5.97 Å². The van der Waals surface area contributed by atoms with E-state index in [1.807, 2.05) is 26.0 Å². The fourth-order valence-corrected chi connectivity index (χ4v) is 2.44. The highest BCUT2D eigenvalue weighted by atomic mass is 16.5. The van der Waals surface area contributed by atoms with Gasteiger partial charge in [-0.3, -0.25) is 0 Å². The lowest BCUT2D eigenvalue weighted by Gasteiger charge is -2.14. The average molecular weight is 314 g/mol. The summed E-state index contributed by atoms with van der Waals surface area (Å²) in [5.74, 6) is 0.521. The molecule has 0 saturated heterocycles. The number of ether oxygens (including phenoxy) is 2. The Kier molecular flexibility index (Phi) is 5.63. The normalized spacial score (nSPS) is 10.4. The molecule has 0 fully saturated rings. The molecule has 0 saturated carbocycles. The smallest absolute Gasteiger partial charge is 0.341 e. The van der Waals surface area contributed by atoms with E-state index >= 15 is 0 Å². The topological polar surface area (TPSA) is 55.8 Å². The number of hydrogen-bond acceptors (Lipinski definition) is 3. The van der Waals surface area contributed by atoms with Gasteiger partial charge in [0.1, 0.15) is 11.5 Å². The van der Waals surface area contributed by atoms with Gasteiger partial charge in [0, 0.05) is 0 Å². The first-order valence-corrected chi connectivity index (χ1v) is 7.70. The molecule has 0 atom stereocenters. The molecule has 0 aliphatic rings. The number of carboxylic acids is 1. The molecule has 0 bridgehead atoms. The molecular formula is C19H22O4. The summed E-state index contributed by atoms with van der Waals surface area (Å²) < 4.78 is 11.0. The molecule has 4 nitrogen and oxygen atoms in total. The first-order chi connectivity index (χ1) is 11.0. The van der Waals surface area contributed by atoms with Gasteiger partial charge in [0.25, 0.3) is 0 Å². The SMILES string of the molecule is CCCOc1c(C)cc(-c2ccc(OCC(=O)O)cc2)cc1C. The van der Waals surface area contributed by atoms with E-state index in [9.17, 15) is 4.79 Å². The van der Waals surface area contributed by atoms with Crippen LogP contribution in [0.2, 0.25) is 0 Å². The largest absolute Gasteiger partial charge is 0.493 e. The number of carbonyl (C=O) groups is 1. The molecule has 0 unspecified atom stereocenters. The summed E-state index contributed by atoms with van der Waals surface area (Å²) >= 11 is 0. The fourth-order valence-electron chi connectivity index (χ4n) is 2.44. The zero-order chi connectivity index (χ0) is 16.8. The highest BCUT2D eigenvalue weighted by Gasteiger charge is 2.08. The van der Waals surface area contributed by atoms with Crippen LogP contribution in [0.3, 0.4) is 0 Å². The monoisotopic (exact) mass is 314 g/mol. The minimum atomic E-state index is -0.983. The van der Waals surface area contributed by atoms with E-state index in [-0.39, 0.29) is 6.61 Å². The van der Waals surface area contributed by atoms with Crippen LogP contribution in [0.5, 0.6) is 11.5 Å². The molecule has 0 aliphatic carbocycles. The highest BCUT2D eigenvalue weighted by Crippen LogP contribution is 2.31. The predicted molar refractivity (Wildman–Crippen MR) is 90.3 cm³/mol. The number of aryl methyl sites for hydroxylation is 2. The molecule has 2 aromatic rings. The van der Waals surface area contributed by atoms with Crippen LogP contribution in [-0.4, -0.2) is 24.3 Å². The van der Waals surface area contributed by atoms with Gasteiger partial charge in [-0.1, -0.05) is 19.1 Å². The number of aliphatic carboxylic acids is 1. The minimum Gasteiger partial charge on any atom is -0.493 e. The van der Waals surface area contributed by atoms with E-state index in [4.69, 9.17) is 14.6 Å². The Morgan fingerprint density at radius 1 is 1.00 bits per heavy atom. The number of carboxylic acid groups (broad SMARTS) is 1. The average Bonchev–Trinajstić information content (AvgIpc) is 2.52. The molecular weight excluding hydrogens is 292 g/mol. The zero-order valence-corrected chi connectivity index (χ0v) is 13.8. The van der Waals surface area contributed by atoms with Crippen molar-refractivity contribution in [2.45, 2.75) is 27.2 Å². The molecule has 1 N–H and O–H groups in total. The van der Waals surface area contributed by atoms with E-state index < -0.39 is 5.97 Å². The van der Waals surface area contributed by atoms with E-state index in [2.05, 4.69) is 19.1 Å². The van der Waals surface area contributed by atoms with Crippen molar-refractivity contribution in [3.05, 3.63) is 47.5 Å². The van der Waals surface area contributed by atoms with Gasteiger partial charge in [-0.2, -0.15) is 0 Å². The van der Waals surface area contributed by atoms with Crippen LogP contribution in [0.1, 0.15) is 24.5 Å². The molecule has 4 heteroatoms. The molecule has 0 heterocycles. The first kappa shape index (κ1) is 16.9. The Morgan fingerprint density at radius 2 is 1.61 bits per heavy atom. The van der Waals surface area contributed by atoms with Crippen molar-refractivity contribution in [2.24, 2.45) is 0 Å². The summed E-state index contributed by atoms with van der Waals surface area (Å²) in [6.07, 6.45) is 0.985. The van der Waals surface area contributed by atoms with Crippen LogP contribution in [0.25, 0.3) is 11.1 Å². The maximum absolute atomic E-state index is 10.5. The van der Waals surface area contributed by atoms with Crippen LogP contribution < -0.4 is 9.47 Å². The summed E-state index contributed by atoms with van der Waals surface area (Å²) in [5, 5.41) is 8.62. The lowest BCUT2D eigenvalue weighted by molar-refractivity contribution is -0.139. The lowest BCUT2D eigenvalue weighted by Crippen LogP contribution is -2.09. The summed E-state index contributed by atoms with van der Waals surface area (Å²) in [7, 11) is 0. The molecule has 0 amide bonds. The van der Waals surface area contributed by atoms with Gasteiger partial charge in [-0.05, 0) is 66.8 Å². The summed E-state index contributed by atoms with van der Waals surface area (Å²) in [5.41, 5.74) is 4.38. The zero-order valence-electron chi connectivity index (χ0n) is 13.8. The van der Waals surface area contributed by atoms with Crippen LogP contribution in [0.4, 0.5) is 0 Å². The highest BCUT2D eigenvalue weighted by molar-refractivity contribution is 5.69. The Hall–Kier alpha value is -2.49. The van der Waals surface area contributed by atoms with Crippen molar-refractivity contribution < 1.29 is 19.4 Å². The number of benzene rings is 2. The molecule has 0 aliphatic heterocycles. The van der Waals surface area contributed by atoms with Crippen molar-refractivity contribution in [2.75, 3.05) is 13.2 Å². The van der Waals surface area contributed by atoms with Crippen LogP contribution in [0, 0.1) is 13.8 Å². The lowest BCUT2D eigenvalue weighted by atomic mass is 9.99. The Bertz CT molecular complexity index is 651. The van der Waals surface area contributed by atoms with E-state index in [0.717, 1.165) is 41.0 Å². The van der Waals surface area contributed by atoms with Gasteiger partial charge < -0.3 is 14.6 Å². The van der Waals surface area contributed by atoms with Crippen molar-refractivity contribution in [3.63, 3.8) is 0 Å². The molecule has 0 aromatic heterocycles. The van der Waals surface area contributed by atoms with Crippen molar-refractivity contribution in [1.82, 2.24) is 0 Å². The van der Waals surface area contributed by atoms with Crippen LogP contribution in [-0.2, 0) is 4.79 Å². The molecule has 0 radical (unpaired) electrons.